The highest BCUT2D eigenvalue weighted by atomic mass is 16.3. The van der Waals surface area contributed by atoms with E-state index in [0.717, 1.165) is 12.8 Å². The van der Waals surface area contributed by atoms with E-state index < -0.39 is 17.4 Å². The number of hydrogen-bond acceptors (Lipinski definition) is 5. The fourth-order valence-corrected chi connectivity index (χ4v) is 2.14. The van der Waals surface area contributed by atoms with Crippen molar-refractivity contribution in [3.05, 3.63) is 20.8 Å². The van der Waals surface area contributed by atoms with E-state index in [1.807, 2.05) is 0 Å². The summed E-state index contributed by atoms with van der Waals surface area (Å²) in [5.74, 6) is 0.492. The lowest BCUT2D eigenvalue weighted by Gasteiger charge is -2.10. The number of hydrogen-bond donors (Lipinski definition) is 3. The Bertz CT molecular complexity index is 741. The van der Waals surface area contributed by atoms with Crippen LogP contribution in [0.3, 0.4) is 0 Å². The minimum Gasteiger partial charge on any atom is -0.392 e. The van der Waals surface area contributed by atoms with E-state index >= 15 is 0 Å². The van der Waals surface area contributed by atoms with Gasteiger partial charge in [0.1, 0.15) is 0 Å². The Hall–Kier alpha value is -2.09. The summed E-state index contributed by atoms with van der Waals surface area (Å²) in [6.45, 7) is 4.66. The number of unbranched alkanes of at least 4 members (excludes halogenated alkanes) is 1. The number of aromatic nitrogens is 4. The molecule has 8 heteroatoms. The molecule has 21 heavy (non-hydrogen) atoms. The Kier molecular flexibility index (Phi) is 4.46. The zero-order chi connectivity index (χ0) is 15.6. The van der Waals surface area contributed by atoms with Gasteiger partial charge >= 0.3 is 5.69 Å². The van der Waals surface area contributed by atoms with E-state index in [1.54, 1.807) is 18.5 Å². The summed E-state index contributed by atoms with van der Waals surface area (Å²) in [5.41, 5.74) is -0.219. The summed E-state index contributed by atoms with van der Waals surface area (Å²) in [6.07, 6.45) is 1.32. The molecule has 0 saturated heterocycles. The molecule has 0 aromatic carbocycles. The molecule has 0 fully saturated rings. The predicted molar refractivity (Wildman–Crippen MR) is 80.7 cm³/mol. The maximum Gasteiger partial charge on any atom is 0.329 e. The Morgan fingerprint density at radius 1 is 1.43 bits per heavy atom. The van der Waals surface area contributed by atoms with Crippen molar-refractivity contribution in [2.45, 2.75) is 39.3 Å². The van der Waals surface area contributed by atoms with E-state index in [1.165, 1.54) is 4.57 Å². The smallest absolute Gasteiger partial charge is 0.329 e. The maximum atomic E-state index is 12.1. The largest absolute Gasteiger partial charge is 0.392 e. The Labute approximate surface area is 121 Å². The average Bonchev–Trinajstić information content (AvgIpc) is 2.79. The summed E-state index contributed by atoms with van der Waals surface area (Å²) >= 11 is 0. The second-order valence-electron chi connectivity index (χ2n) is 5.16. The molecule has 2 heterocycles. The van der Waals surface area contributed by atoms with Gasteiger partial charge in [-0.2, -0.15) is 4.98 Å². The molecule has 0 saturated carbocycles. The minimum absolute atomic E-state index is 0.321. The highest BCUT2D eigenvalue weighted by Gasteiger charge is 2.16. The molecule has 8 nitrogen and oxygen atoms in total. The number of nitrogens with one attached hydrogen (secondary N) is 2. The van der Waals surface area contributed by atoms with Gasteiger partial charge in [0.25, 0.3) is 5.56 Å². The quantitative estimate of drug-likeness (QED) is 0.696. The van der Waals surface area contributed by atoms with E-state index in [0.29, 0.717) is 30.2 Å². The molecule has 0 bridgehead atoms. The number of aliphatic hydroxyl groups is 1. The number of aryl methyl sites for hydroxylation is 2. The molecule has 0 aliphatic rings. The van der Waals surface area contributed by atoms with Crippen molar-refractivity contribution in [2.24, 2.45) is 7.05 Å². The second kappa shape index (κ2) is 6.13. The van der Waals surface area contributed by atoms with Gasteiger partial charge in [0.2, 0.25) is 5.95 Å². The Balaban J connectivity index is 2.61. The Morgan fingerprint density at radius 2 is 2.14 bits per heavy atom. The molecule has 0 unspecified atom stereocenters. The maximum absolute atomic E-state index is 12.1. The normalized spacial score (nSPS) is 12.8. The molecule has 0 aliphatic carbocycles. The van der Waals surface area contributed by atoms with Gasteiger partial charge < -0.3 is 15.0 Å². The number of nitrogens with zero attached hydrogens (tertiary/aromatic N) is 3. The number of anilines is 1. The molecule has 116 valence electrons. The summed E-state index contributed by atoms with van der Waals surface area (Å²) in [5, 5.41) is 12.4. The third-order valence-corrected chi connectivity index (χ3v) is 3.30. The number of fused-ring (bicyclic) bond motifs is 1. The van der Waals surface area contributed by atoms with Crippen LogP contribution in [0.25, 0.3) is 11.2 Å². The summed E-state index contributed by atoms with van der Waals surface area (Å²) in [6, 6.07) is 0. The summed E-state index contributed by atoms with van der Waals surface area (Å²) in [7, 11) is 1.57. The van der Waals surface area contributed by atoms with Crippen LogP contribution in [-0.4, -0.2) is 36.9 Å². The third-order valence-electron chi connectivity index (χ3n) is 3.30. The average molecular weight is 295 g/mol. The van der Waals surface area contributed by atoms with Crippen molar-refractivity contribution in [1.29, 1.82) is 0 Å². The Morgan fingerprint density at radius 3 is 2.76 bits per heavy atom. The number of aliphatic hydroxyl groups excluding tert-OH is 1. The van der Waals surface area contributed by atoms with E-state index in [4.69, 9.17) is 0 Å². The fraction of sp³-hybridized carbons (Fsp3) is 0.615. The lowest BCUT2D eigenvalue weighted by atomic mass is 10.3. The van der Waals surface area contributed by atoms with Gasteiger partial charge in [-0.3, -0.25) is 14.3 Å². The van der Waals surface area contributed by atoms with Crippen LogP contribution in [0.5, 0.6) is 0 Å². The molecule has 1 atom stereocenters. The molecule has 0 aliphatic heterocycles. The monoisotopic (exact) mass is 295 g/mol. The van der Waals surface area contributed by atoms with Crippen LogP contribution in [0.4, 0.5) is 5.95 Å². The lowest BCUT2D eigenvalue weighted by Crippen LogP contribution is -2.29. The van der Waals surface area contributed by atoms with Crippen molar-refractivity contribution in [2.75, 3.05) is 11.9 Å². The number of imidazole rings is 1. The fourth-order valence-electron chi connectivity index (χ4n) is 2.14. The van der Waals surface area contributed by atoms with Gasteiger partial charge in [-0.25, -0.2) is 4.79 Å². The van der Waals surface area contributed by atoms with Crippen LogP contribution < -0.4 is 16.6 Å². The molecule has 2 aromatic heterocycles. The van der Waals surface area contributed by atoms with Gasteiger partial charge in [-0.15, -0.1) is 0 Å². The topological polar surface area (TPSA) is 105 Å². The third kappa shape index (κ3) is 2.99. The first kappa shape index (κ1) is 15.3. The zero-order valence-corrected chi connectivity index (χ0v) is 12.5. The van der Waals surface area contributed by atoms with Crippen LogP contribution in [0, 0.1) is 0 Å². The van der Waals surface area contributed by atoms with Crippen molar-refractivity contribution in [3.8, 4) is 0 Å². The van der Waals surface area contributed by atoms with Crippen LogP contribution in [-0.2, 0) is 13.6 Å². The number of H-pyrrole nitrogens is 1. The molecule has 2 rings (SSSR count). The number of rotatable bonds is 6. The zero-order valence-electron chi connectivity index (χ0n) is 12.5. The molecule has 0 amide bonds. The van der Waals surface area contributed by atoms with Crippen molar-refractivity contribution in [3.63, 3.8) is 0 Å². The first-order chi connectivity index (χ1) is 9.95. The van der Waals surface area contributed by atoms with Crippen molar-refractivity contribution in [1.82, 2.24) is 19.1 Å². The van der Waals surface area contributed by atoms with Crippen molar-refractivity contribution >= 4 is 17.1 Å². The van der Waals surface area contributed by atoms with E-state index in [-0.39, 0.29) is 0 Å². The highest BCUT2D eigenvalue weighted by Crippen LogP contribution is 2.16. The van der Waals surface area contributed by atoms with E-state index in [2.05, 4.69) is 22.2 Å². The highest BCUT2D eigenvalue weighted by molar-refractivity contribution is 5.74. The minimum atomic E-state index is -0.536. The van der Waals surface area contributed by atoms with Crippen LogP contribution in [0.1, 0.15) is 26.7 Å². The molecule has 2 aromatic rings. The molecule has 0 radical (unpaired) electrons. The molecular formula is C13H21N5O3. The first-order valence-corrected chi connectivity index (χ1v) is 7.07. The van der Waals surface area contributed by atoms with Crippen LogP contribution in [0.2, 0.25) is 0 Å². The predicted octanol–water partition coefficient (Wildman–Crippen LogP) is 0.0161. The van der Waals surface area contributed by atoms with Gasteiger partial charge in [0, 0.05) is 20.1 Å². The van der Waals surface area contributed by atoms with Crippen molar-refractivity contribution < 1.29 is 5.11 Å². The lowest BCUT2D eigenvalue weighted by molar-refractivity contribution is 0.208. The van der Waals surface area contributed by atoms with Gasteiger partial charge in [0.15, 0.2) is 11.2 Å². The van der Waals surface area contributed by atoms with Gasteiger partial charge in [-0.1, -0.05) is 13.3 Å². The van der Waals surface area contributed by atoms with Gasteiger partial charge in [0.05, 0.1) is 6.10 Å². The van der Waals surface area contributed by atoms with E-state index in [9.17, 15) is 14.7 Å². The molecule has 0 spiro atoms. The second-order valence-corrected chi connectivity index (χ2v) is 5.16. The SMILES string of the molecule is CCCCn1c(NC[C@H](C)O)nc2c1c(=O)[nH]c(=O)n2C. The molecular weight excluding hydrogens is 274 g/mol. The number of aromatic amines is 1. The first-order valence-electron chi connectivity index (χ1n) is 7.07. The van der Waals surface area contributed by atoms with Crippen LogP contribution >= 0.6 is 0 Å². The van der Waals surface area contributed by atoms with Gasteiger partial charge in [-0.05, 0) is 13.3 Å². The molecule has 3 N–H and O–H groups in total. The standard InChI is InChI=1S/C13H21N5O3/c1-4-5-6-18-9-10(15-12(18)14-7-8(2)19)17(3)13(21)16-11(9)20/h8,19H,4-7H2,1-3H3,(H,14,15)(H,16,20,21)/t8-/m0/s1. The summed E-state index contributed by atoms with van der Waals surface area (Å²) < 4.78 is 3.08. The summed E-state index contributed by atoms with van der Waals surface area (Å²) in [4.78, 5) is 30.4. The van der Waals surface area contributed by atoms with Crippen LogP contribution in [0.15, 0.2) is 9.59 Å².